The fourth-order valence-electron chi connectivity index (χ4n) is 5.18. The Labute approximate surface area is 177 Å². The number of hydrogen-bond acceptors (Lipinski definition) is 6. The topological polar surface area (TPSA) is 46.5 Å². The van der Waals surface area contributed by atoms with Crippen LogP contribution in [0.1, 0.15) is 43.4 Å². The average molecular weight is 405 g/mol. The van der Waals surface area contributed by atoms with Crippen molar-refractivity contribution < 1.29 is 14.2 Å². The van der Waals surface area contributed by atoms with Crippen LogP contribution >= 0.6 is 0 Å². The van der Waals surface area contributed by atoms with Gasteiger partial charge in [0.05, 0.1) is 11.8 Å². The molecule has 1 spiro atoms. The molecular weight excluding hydrogens is 378 g/mol. The van der Waals surface area contributed by atoms with E-state index in [4.69, 9.17) is 19.3 Å². The first kappa shape index (κ1) is 18.1. The van der Waals surface area contributed by atoms with Crippen LogP contribution in [-0.2, 0) is 0 Å². The molecule has 0 aromatic heterocycles. The van der Waals surface area contributed by atoms with Crippen molar-refractivity contribution in [2.45, 2.75) is 38.0 Å². The summed E-state index contributed by atoms with van der Waals surface area (Å²) in [5.41, 5.74) is 3.07. The van der Waals surface area contributed by atoms with E-state index in [-0.39, 0.29) is 11.8 Å². The van der Waals surface area contributed by atoms with Gasteiger partial charge in [0.2, 0.25) is 5.72 Å². The second kappa shape index (κ2) is 6.91. The Balaban J connectivity index is 1.38. The molecule has 6 heteroatoms. The van der Waals surface area contributed by atoms with E-state index in [9.17, 15) is 0 Å². The van der Waals surface area contributed by atoms with Gasteiger partial charge >= 0.3 is 0 Å². The van der Waals surface area contributed by atoms with E-state index in [0.29, 0.717) is 13.2 Å². The summed E-state index contributed by atoms with van der Waals surface area (Å²) in [6.07, 6.45) is 2.80. The van der Waals surface area contributed by atoms with Crippen molar-refractivity contribution in [2.75, 3.05) is 32.8 Å². The molecule has 0 saturated carbocycles. The third kappa shape index (κ3) is 2.77. The first-order valence-electron chi connectivity index (χ1n) is 11.0. The minimum atomic E-state index is -0.361. The van der Waals surface area contributed by atoms with Gasteiger partial charge in [-0.05, 0) is 30.8 Å². The van der Waals surface area contributed by atoms with Crippen LogP contribution in [0.2, 0.25) is 0 Å². The second-order valence-electron chi connectivity index (χ2n) is 8.49. The Morgan fingerprint density at radius 1 is 1.00 bits per heavy atom. The lowest BCUT2D eigenvalue weighted by Gasteiger charge is -2.51. The molecule has 4 heterocycles. The number of hydrazone groups is 1. The standard InChI is InChI=1S/C24H27N3O3/c1-2-26-11-9-24(10-12-26)27-20(18-5-3-4-6-21(18)30-24)16-19(25-27)17-7-8-22-23(15-17)29-14-13-28-22/h3-8,15,20H,2,9-14,16H2,1H3/t20-/m1/s1. The summed E-state index contributed by atoms with van der Waals surface area (Å²) >= 11 is 0. The third-order valence-electron chi connectivity index (χ3n) is 6.87. The Bertz CT molecular complexity index is 997. The summed E-state index contributed by atoms with van der Waals surface area (Å²) in [6.45, 7) is 6.59. The van der Waals surface area contributed by atoms with Crippen LogP contribution in [0.3, 0.4) is 0 Å². The van der Waals surface area contributed by atoms with Gasteiger partial charge in [-0.1, -0.05) is 25.1 Å². The van der Waals surface area contributed by atoms with Crippen LogP contribution in [0.5, 0.6) is 17.2 Å². The Hall–Kier alpha value is -2.73. The number of hydrogen-bond donors (Lipinski definition) is 0. The van der Waals surface area contributed by atoms with Gasteiger partial charge in [-0.3, -0.25) is 0 Å². The number of nitrogens with zero attached hydrogens (tertiary/aromatic N) is 3. The summed E-state index contributed by atoms with van der Waals surface area (Å²) in [7, 11) is 0. The molecule has 4 aliphatic heterocycles. The van der Waals surface area contributed by atoms with Crippen LogP contribution in [0, 0.1) is 0 Å². The number of para-hydroxylation sites is 1. The molecule has 0 unspecified atom stereocenters. The zero-order valence-electron chi connectivity index (χ0n) is 17.3. The van der Waals surface area contributed by atoms with Gasteiger partial charge in [0.25, 0.3) is 0 Å². The van der Waals surface area contributed by atoms with Crippen molar-refractivity contribution in [3.8, 4) is 17.2 Å². The monoisotopic (exact) mass is 405 g/mol. The Kier molecular flexibility index (Phi) is 4.16. The summed E-state index contributed by atoms with van der Waals surface area (Å²) in [4.78, 5) is 2.49. The molecule has 0 bridgehead atoms. The molecule has 4 aliphatic rings. The van der Waals surface area contributed by atoms with Crippen molar-refractivity contribution >= 4 is 5.71 Å². The zero-order chi connectivity index (χ0) is 20.1. The number of likely N-dealkylation sites (tertiary alicyclic amines) is 1. The lowest BCUT2D eigenvalue weighted by molar-refractivity contribution is -0.149. The highest BCUT2D eigenvalue weighted by molar-refractivity contribution is 6.02. The quantitative estimate of drug-likeness (QED) is 0.760. The van der Waals surface area contributed by atoms with Crippen molar-refractivity contribution in [1.29, 1.82) is 0 Å². The molecule has 156 valence electrons. The predicted molar refractivity (Wildman–Crippen MR) is 114 cm³/mol. The molecule has 1 atom stereocenters. The highest BCUT2D eigenvalue weighted by atomic mass is 16.6. The molecule has 1 saturated heterocycles. The number of benzene rings is 2. The number of rotatable bonds is 2. The van der Waals surface area contributed by atoms with E-state index < -0.39 is 0 Å². The summed E-state index contributed by atoms with van der Waals surface area (Å²) in [6, 6.07) is 14.9. The van der Waals surface area contributed by atoms with E-state index in [2.05, 4.69) is 53.2 Å². The third-order valence-corrected chi connectivity index (χ3v) is 6.87. The van der Waals surface area contributed by atoms with Crippen molar-refractivity contribution in [3.05, 3.63) is 53.6 Å². The van der Waals surface area contributed by atoms with Gasteiger partial charge in [-0.25, -0.2) is 5.01 Å². The van der Waals surface area contributed by atoms with Crippen LogP contribution in [0.4, 0.5) is 0 Å². The molecule has 0 radical (unpaired) electrons. The van der Waals surface area contributed by atoms with Gasteiger partial charge in [0, 0.05) is 43.5 Å². The first-order chi connectivity index (χ1) is 14.8. The molecule has 6 nitrogen and oxygen atoms in total. The summed E-state index contributed by atoms with van der Waals surface area (Å²) in [5, 5.41) is 7.44. The minimum absolute atomic E-state index is 0.214. The van der Waals surface area contributed by atoms with Gasteiger partial charge in [0.15, 0.2) is 11.5 Å². The van der Waals surface area contributed by atoms with Gasteiger partial charge < -0.3 is 19.1 Å². The van der Waals surface area contributed by atoms with Crippen molar-refractivity contribution in [2.24, 2.45) is 5.10 Å². The molecule has 6 rings (SSSR count). The van der Waals surface area contributed by atoms with E-state index in [1.165, 1.54) is 5.56 Å². The maximum atomic E-state index is 6.69. The van der Waals surface area contributed by atoms with Gasteiger partial charge in [0.1, 0.15) is 19.0 Å². The average Bonchev–Trinajstić information content (AvgIpc) is 3.26. The number of piperidine rings is 1. The SMILES string of the molecule is CCN1CCC2(CC1)Oc1ccccc1[C@H]1CC(c3ccc4c(c3)OCCO4)=NN12. The predicted octanol–water partition coefficient (Wildman–Crippen LogP) is 3.81. The summed E-state index contributed by atoms with van der Waals surface area (Å²) in [5.74, 6) is 2.65. The largest absolute Gasteiger partial charge is 0.486 e. The second-order valence-corrected chi connectivity index (χ2v) is 8.49. The lowest BCUT2D eigenvalue weighted by Crippen LogP contribution is -2.59. The molecule has 0 amide bonds. The molecular formula is C24H27N3O3. The van der Waals surface area contributed by atoms with E-state index in [1.807, 2.05) is 6.07 Å². The number of fused-ring (bicyclic) bond motifs is 5. The molecule has 2 aromatic rings. The molecule has 30 heavy (non-hydrogen) atoms. The van der Waals surface area contributed by atoms with Crippen LogP contribution < -0.4 is 14.2 Å². The summed E-state index contributed by atoms with van der Waals surface area (Å²) < 4.78 is 18.2. The van der Waals surface area contributed by atoms with Gasteiger partial charge in [-0.15, -0.1) is 0 Å². The fraction of sp³-hybridized carbons (Fsp3) is 0.458. The van der Waals surface area contributed by atoms with Crippen LogP contribution in [0.15, 0.2) is 47.6 Å². The van der Waals surface area contributed by atoms with E-state index in [0.717, 1.165) is 67.4 Å². The highest BCUT2D eigenvalue weighted by Gasteiger charge is 2.51. The molecule has 2 aromatic carbocycles. The molecule has 0 aliphatic carbocycles. The maximum absolute atomic E-state index is 6.69. The fourth-order valence-corrected chi connectivity index (χ4v) is 5.18. The highest BCUT2D eigenvalue weighted by Crippen LogP contribution is 2.50. The van der Waals surface area contributed by atoms with Gasteiger partial charge in [-0.2, -0.15) is 5.10 Å². The zero-order valence-corrected chi connectivity index (χ0v) is 17.3. The Morgan fingerprint density at radius 3 is 2.63 bits per heavy atom. The smallest absolute Gasteiger partial charge is 0.200 e. The molecule has 0 N–H and O–H groups in total. The number of ether oxygens (including phenoxy) is 3. The molecule has 1 fully saturated rings. The lowest BCUT2D eigenvalue weighted by atomic mass is 9.90. The first-order valence-corrected chi connectivity index (χ1v) is 11.0. The van der Waals surface area contributed by atoms with Crippen LogP contribution in [-0.4, -0.2) is 54.2 Å². The van der Waals surface area contributed by atoms with E-state index in [1.54, 1.807) is 0 Å². The van der Waals surface area contributed by atoms with Crippen LogP contribution in [0.25, 0.3) is 0 Å². The van der Waals surface area contributed by atoms with Crippen molar-refractivity contribution in [3.63, 3.8) is 0 Å². The normalized spacial score (nSPS) is 24.1. The van der Waals surface area contributed by atoms with Crippen molar-refractivity contribution in [1.82, 2.24) is 9.91 Å². The maximum Gasteiger partial charge on any atom is 0.200 e. The van der Waals surface area contributed by atoms with E-state index >= 15 is 0 Å². The minimum Gasteiger partial charge on any atom is -0.486 e. The Morgan fingerprint density at radius 2 is 1.80 bits per heavy atom.